The molecule has 0 radical (unpaired) electrons. The highest BCUT2D eigenvalue weighted by Crippen LogP contribution is 2.42. The SMILES string of the molecule is COCCOc1ccccc1C1(O)CCOC(C)(C)C1. The zero-order chi connectivity index (χ0) is 14.6. The lowest BCUT2D eigenvalue weighted by atomic mass is 9.79. The Bertz CT molecular complexity index is 444. The van der Waals surface area contributed by atoms with Crippen molar-refractivity contribution in [2.75, 3.05) is 26.9 Å². The summed E-state index contributed by atoms with van der Waals surface area (Å²) in [6, 6.07) is 7.67. The molecule has 1 aliphatic rings. The van der Waals surface area contributed by atoms with Gasteiger partial charge in [0.2, 0.25) is 0 Å². The lowest BCUT2D eigenvalue weighted by Crippen LogP contribution is -2.44. The summed E-state index contributed by atoms with van der Waals surface area (Å²) in [5, 5.41) is 11.0. The average molecular weight is 280 g/mol. The largest absolute Gasteiger partial charge is 0.491 e. The summed E-state index contributed by atoms with van der Waals surface area (Å²) in [4.78, 5) is 0. The highest BCUT2D eigenvalue weighted by molar-refractivity contribution is 5.38. The van der Waals surface area contributed by atoms with Crippen molar-refractivity contribution >= 4 is 0 Å². The van der Waals surface area contributed by atoms with Crippen molar-refractivity contribution in [1.82, 2.24) is 0 Å². The summed E-state index contributed by atoms with van der Waals surface area (Å²) < 4.78 is 16.4. The van der Waals surface area contributed by atoms with E-state index in [1.165, 1.54) is 0 Å². The summed E-state index contributed by atoms with van der Waals surface area (Å²) in [7, 11) is 1.64. The van der Waals surface area contributed by atoms with Crippen molar-refractivity contribution in [2.45, 2.75) is 37.9 Å². The molecule has 1 saturated heterocycles. The molecule has 0 aliphatic carbocycles. The minimum atomic E-state index is -0.897. The van der Waals surface area contributed by atoms with E-state index in [-0.39, 0.29) is 5.60 Å². The Hall–Kier alpha value is -1.10. The van der Waals surface area contributed by atoms with Crippen molar-refractivity contribution < 1.29 is 19.3 Å². The molecule has 4 heteroatoms. The molecule has 1 N–H and O–H groups in total. The highest BCUT2D eigenvalue weighted by Gasteiger charge is 2.42. The molecule has 1 atom stereocenters. The van der Waals surface area contributed by atoms with Crippen LogP contribution in [-0.4, -0.2) is 37.6 Å². The molecule has 1 unspecified atom stereocenters. The van der Waals surface area contributed by atoms with E-state index >= 15 is 0 Å². The molecule has 1 fully saturated rings. The van der Waals surface area contributed by atoms with Gasteiger partial charge in [-0.1, -0.05) is 18.2 Å². The quantitative estimate of drug-likeness (QED) is 0.842. The van der Waals surface area contributed by atoms with Crippen LogP contribution in [0.3, 0.4) is 0 Å². The Kier molecular flexibility index (Phi) is 4.68. The minimum Gasteiger partial charge on any atom is -0.491 e. The predicted molar refractivity (Wildman–Crippen MR) is 77.0 cm³/mol. The molecule has 0 aromatic heterocycles. The van der Waals surface area contributed by atoms with Crippen LogP contribution in [0.15, 0.2) is 24.3 Å². The number of para-hydroxylation sites is 1. The third-order valence-electron chi connectivity index (χ3n) is 3.66. The van der Waals surface area contributed by atoms with E-state index in [1.807, 2.05) is 38.1 Å². The van der Waals surface area contributed by atoms with Gasteiger partial charge in [-0.05, 0) is 19.9 Å². The van der Waals surface area contributed by atoms with Gasteiger partial charge in [-0.3, -0.25) is 0 Å². The second-order valence-electron chi connectivity index (χ2n) is 5.90. The number of hydrogen-bond acceptors (Lipinski definition) is 4. The van der Waals surface area contributed by atoms with Gasteiger partial charge in [-0.25, -0.2) is 0 Å². The van der Waals surface area contributed by atoms with Gasteiger partial charge >= 0.3 is 0 Å². The fraction of sp³-hybridized carbons (Fsp3) is 0.625. The Morgan fingerprint density at radius 1 is 1.25 bits per heavy atom. The molecule has 0 bridgehead atoms. The van der Waals surface area contributed by atoms with Crippen LogP contribution in [0, 0.1) is 0 Å². The smallest absolute Gasteiger partial charge is 0.125 e. The Balaban J connectivity index is 2.22. The Morgan fingerprint density at radius 2 is 2.00 bits per heavy atom. The summed E-state index contributed by atoms with van der Waals surface area (Å²) in [6.45, 7) is 5.57. The first kappa shape index (κ1) is 15.3. The first-order chi connectivity index (χ1) is 9.47. The number of methoxy groups -OCH3 is 1. The molecule has 112 valence electrons. The van der Waals surface area contributed by atoms with Gasteiger partial charge in [-0.15, -0.1) is 0 Å². The van der Waals surface area contributed by atoms with Crippen LogP contribution in [0.2, 0.25) is 0 Å². The maximum atomic E-state index is 11.0. The average Bonchev–Trinajstić information content (AvgIpc) is 2.38. The monoisotopic (exact) mass is 280 g/mol. The predicted octanol–water partition coefficient (Wildman–Crippen LogP) is 2.49. The second kappa shape index (κ2) is 6.12. The van der Waals surface area contributed by atoms with E-state index < -0.39 is 5.60 Å². The number of hydrogen-bond donors (Lipinski definition) is 1. The van der Waals surface area contributed by atoms with Gasteiger partial charge in [0.1, 0.15) is 12.4 Å². The van der Waals surface area contributed by atoms with Crippen LogP contribution in [0.1, 0.15) is 32.3 Å². The van der Waals surface area contributed by atoms with Crippen molar-refractivity contribution in [3.05, 3.63) is 29.8 Å². The van der Waals surface area contributed by atoms with E-state index in [2.05, 4.69) is 0 Å². The summed E-state index contributed by atoms with van der Waals surface area (Å²) in [5.41, 5.74) is -0.384. The summed E-state index contributed by atoms with van der Waals surface area (Å²) in [6.07, 6.45) is 1.14. The molecule has 0 saturated carbocycles. The minimum absolute atomic E-state index is 0.327. The van der Waals surface area contributed by atoms with Crippen LogP contribution >= 0.6 is 0 Å². The normalized spacial score (nSPS) is 25.4. The first-order valence-corrected chi connectivity index (χ1v) is 7.04. The third-order valence-corrected chi connectivity index (χ3v) is 3.66. The second-order valence-corrected chi connectivity index (χ2v) is 5.90. The molecule has 0 amide bonds. The van der Waals surface area contributed by atoms with E-state index in [0.29, 0.717) is 32.7 Å². The fourth-order valence-electron chi connectivity index (χ4n) is 2.78. The van der Waals surface area contributed by atoms with Gasteiger partial charge < -0.3 is 19.3 Å². The molecule has 1 aromatic rings. The van der Waals surface area contributed by atoms with Gasteiger partial charge in [0.15, 0.2) is 0 Å². The molecule has 4 nitrogen and oxygen atoms in total. The van der Waals surface area contributed by atoms with Crippen LogP contribution < -0.4 is 4.74 Å². The van der Waals surface area contributed by atoms with Crippen molar-refractivity contribution in [3.8, 4) is 5.75 Å². The maximum Gasteiger partial charge on any atom is 0.125 e. The van der Waals surface area contributed by atoms with Gasteiger partial charge in [0.05, 0.1) is 24.4 Å². The van der Waals surface area contributed by atoms with E-state index in [1.54, 1.807) is 7.11 Å². The molecule has 0 spiro atoms. The molecule has 2 rings (SSSR count). The van der Waals surface area contributed by atoms with E-state index in [9.17, 15) is 5.11 Å². The highest BCUT2D eigenvalue weighted by atomic mass is 16.5. The van der Waals surface area contributed by atoms with Gasteiger partial charge in [0.25, 0.3) is 0 Å². The molecule has 1 aliphatic heterocycles. The zero-order valence-electron chi connectivity index (χ0n) is 12.5. The topological polar surface area (TPSA) is 47.9 Å². The standard InChI is InChI=1S/C16H24O4/c1-15(2)12-16(17,8-9-20-15)13-6-4-5-7-14(13)19-11-10-18-3/h4-7,17H,8-12H2,1-3H3. The molecule has 20 heavy (non-hydrogen) atoms. The lowest BCUT2D eigenvalue weighted by Gasteiger charge is -2.42. The van der Waals surface area contributed by atoms with Crippen molar-refractivity contribution in [3.63, 3.8) is 0 Å². The number of benzene rings is 1. The first-order valence-electron chi connectivity index (χ1n) is 7.04. The van der Waals surface area contributed by atoms with Crippen LogP contribution in [0.4, 0.5) is 0 Å². The lowest BCUT2D eigenvalue weighted by molar-refractivity contribution is -0.148. The van der Waals surface area contributed by atoms with E-state index in [4.69, 9.17) is 14.2 Å². The van der Waals surface area contributed by atoms with Gasteiger partial charge in [0, 0.05) is 25.5 Å². The molecule has 1 heterocycles. The third kappa shape index (κ3) is 3.51. The number of aliphatic hydroxyl groups is 1. The maximum absolute atomic E-state index is 11.0. The Labute approximate surface area is 120 Å². The van der Waals surface area contributed by atoms with Crippen LogP contribution in [0.25, 0.3) is 0 Å². The fourth-order valence-corrected chi connectivity index (χ4v) is 2.78. The molecule has 1 aromatic carbocycles. The molecular weight excluding hydrogens is 256 g/mol. The van der Waals surface area contributed by atoms with Gasteiger partial charge in [-0.2, -0.15) is 0 Å². The summed E-state index contributed by atoms with van der Waals surface area (Å²) >= 11 is 0. The number of ether oxygens (including phenoxy) is 3. The summed E-state index contributed by atoms with van der Waals surface area (Å²) in [5.74, 6) is 0.727. The molecular formula is C16H24O4. The van der Waals surface area contributed by atoms with Crippen LogP contribution in [0.5, 0.6) is 5.75 Å². The zero-order valence-corrected chi connectivity index (χ0v) is 12.5. The van der Waals surface area contributed by atoms with Crippen molar-refractivity contribution in [2.24, 2.45) is 0 Å². The van der Waals surface area contributed by atoms with Crippen molar-refractivity contribution in [1.29, 1.82) is 0 Å². The Morgan fingerprint density at radius 3 is 2.70 bits per heavy atom. The van der Waals surface area contributed by atoms with E-state index in [0.717, 1.165) is 11.3 Å². The number of rotatable bonds is 5. The van der Waals surface area contributed by atoms with Crippen LogP contribution in [-0.2, 0) is 15.1 Å².